The predicted octanol–water partition coefficient (Wildman–Crippen LogP) is 2.84. The molecule has 128 valence electrons. The highest BCUT2D eigenvalue weighted by molar-refractivity contribution is 6.39. The van der Waals surface area contributed by atoms with Crippen molar-refractivity contribution in [2.45, 2.75) is 0 Å². The second-order valence-corrected chi connectivity index (χ2v) is 6.01. The third kappa shape index (κ3) is 2.48. The fourth-order valence-corrected chi connectivity index (χ4v) is 3.11. The number of carbonyl (C=O) groups excluding carboxylic acids is 3. The van der Waals surface area contributed by atoms with Crippen LogP contribution in [0.3, 0.4) is 0 Å². The van der Waals surface area contributed by atoms with Crippen molar-refractivity contribution in [1.29, 1.82) is 0 Å². The molecule has 0 radical (unpaired) electrons. The molecule has 0 spiro atoms. The first-order chi connectivity index (χ1) is 12.6. The predicted molar refractivity (Wildman–Crippen MR) is 98.4 cm³/mol. The van der Waals surface area contributed by atoms with Crippen LogP contribution < -0.4 is 10.2 Å². The molecule has 1 aliphatic heterocycles. The number of barbiturate groups is 1. The average Bonchev–Trinajstić information content (AvgIpc) is 2.96. The lowest BCUT2D eigenvalue weighted by atomic mass is 10.1. The molecule has 1 saturated heterocycles. The molecule has 1 aromatic heterocycles. The second-order valence-electron chi connectivity index (χ2n) is 6.01. The Hall–Kier alpha value is -3.67. The molecule has 1 aliphatic rings. The van der Waals surface area contributed by atoms with Crippen molar-refractivity contribution in [3.63, 3.8) is 0 Å². The number of aryl methyl sites for hydroxylation is 1. The minimum Gasteiger partial charge on any atom is -0.350 e. The van der Waals surface area contributed by atoms with Gasteiger partial charge in [0, 0.05) is 29.7 Å². The lowest BCUT2D eigenvalue weighted by Gasteiger charge is -2.26. The number of para-hydroxylation sites is 2. The molecule has 1 N–H and O–H groups in total. The van der Waals surface area contributed by atoms with Gasteiger partial charge in [0.05, 0.1) is 5.69 Å². The van der Waals surface area contributed by atoms with Crippen LogP contribution in [0.2, 0.25) is 0 Å². The van der Waals surface area contributed by atoms with Crippen molar-refractivity contribution in [3.05, 3.63) is 71.9 Å². The topological polar surface area (TPSA) is 71.4 Å². The Bertz CT molecular complexity index is 1080. The fraction of sp³-hybridized carbons (Fsp3) is 0.0500. The van der Waals surface area contributed by atoms with Crippen LogP contribution in [-0.4, -0.2) is 22.4 Å². The Kier molecular flexibility index (Phi) is 3.65. The summed E-state index contributed by atoms with van der Waals surface area (Å²) in [6.45, 7) is 0. The monoisotopic (exact) mass is 345 g/mol. The van der Waals surface area contributed by atoms with E-state index in [0.717, 1.165) is 21.4 Å². The maximum absolute atomic E-state index is 12.9. The van der Waals surface area contributed by atoms with Gasteiger partial charge < -0.3 is 4.57 Å². The molecule has 2 heterocycles. The summed E-state index contributed by atoms with van der Waals surface area (Å²) in [4.78, 5) is 38.3. The number of urea groups is 1. The van der Waals surface area contributed by atoms with Crippen LogP contribution in [0, 0.1) is 0 Å². The van der Waals surface area contributed by atoms with Gasteiger partial charge in [0.2, 0.25) is 0 Å². The fourth-order valence-electron chi connectivity index (χ4n) is 3.11. The van der Waals surface area contributed by atoms with E-state index in [1.165, 1.54) is 6.08 Å². The Morgan fingerprint density at radius 3 is 2.38 bits per heavy atom. The van der Waals surface area contributed by atoms with Gasteiger partial charge in [-0.05, 0) is 24.3 Å². The van der Waals surface area contributed by atoms with Crippen molar-refractivity contribution in [1.82, 2.24) is 9.88 Å². The molecule has 0 saturated carbocycles. The van der Waals surface area contributed by atoms with E-state index < -0.39 is 17.8 Å². The zero-order valence-corrected chi connectivity index (χ0v) is 14.0. The first kappa shape index (κ1) is 15.8. The largest absolute Gasteiger partial charge is 0.350 e. The van der Waals surface area contributed by atoms with Crippen LogP contribution in [0.4, 0.5) is 10.5 Å². The summed E-state index contributed by atoms with van der Waals surface area (Å²) in [5, 5.41) is 3.16. The quantitative estimate of drug-likeness (QED) is 0.573. The van der Waals surface area contributed by atoms with Crippen LogP contribution in [0.1, 0.15) is 5.56 Å². The standard InChI is InChI=1S/C20H15N3O3/c1-22-12-13(15-9-5-6-10-17(15)22)11-16-18(24)21-20(26)23(19(16)25)14-7-3-2-4-8-14/h2-12H,1H3,(H,21,24,26)/b16-11+. The van der Waals surface area contributed by atoms with Crippen molar-refractivity contribution in [3.8, 4) is 0 Å². The molecule has 6 nitrogen and oxygen atoms in total. The Morgan fingerprint density at radius 1 is 0.923 bits per heavy atom. The van der Waals surface area contributed by atoms with Crippen molar-refractivity contribution < 1.29 is 14.4 Å². The minimum absolute atomic E-state index is 0.0789. The van der Waals surface area contributed by atoms with Gasteiger partial charge in [-0.2, -0.15) is 0 Å². The molecule has 4 amide bonds. The Balaban J connectivity index is 1.82. The third-order valence-corrected chi connectivity index (χ3v) is 4.34. The molecule has 4 rings (SSSR count). The number of anilines is 1. The number of benzene rings is 2. The van der Waals surface area contributed by atoms with Crippen molar-refractivity contribution in [2.75, 3.05) is 4.90 Å². The molecule has 1 fully saturated rings. The number of carbonyl (C=O) groups is 3. The van der Waals surface area contributed by atoms with E-state index in [-0.39, 0.29) is 5.57 Å². The maximum atomic E-state index is 12.9. The van der Waals surface area contributed by atoms with Gasteiger partial charge in [0.15, 0.2) is 0 Å². The highest BCUT2D eigenvalue weighted by Crippen LogP contribution is 2.25. The van der Waals surface area contributed by atoms with E-state index in [0.29, 0.717) is 5.69 Å². The number of aromatic nitrogens is 1. The van der Waals surface area contributed by atoms with E-state index >= 15 is 0 Å². The van der Waals surface area contributed by atoms with Gasteiger partial charge in [-0.1, -0.05) is 36.4 Å². The van der Waals surface area contributed by atoms with Gasteiger partial charge in [-0.25, -0.2) is 9.69 Å². The highest BCUT2D eigenvalue weighted by atomic mass is 16.2. The summed E-state index contributed by atoms with van der Waals surface area (Å²) in [5.41, 5.74) is 2.05. The number of nitrogens with zero attached hydrogens (tertiary/aromatic N) is 2. The van der Waals surface area contributed by atoms with Crippen LogP contribution in [0.15, 0.2) is 66.4 Å². The van der Waals surface area contributed by atoms with Crippen molar-refractivity contribution >= 4 is 40.5 Å². The zero-order valence-electron chi connectivity index (χ0n) is 14.0. The number of hydrogen-bond acceptors (Lipinski definition) is 3. The molecule has 6 heteroatoms. The van der Waals surface area contributed by atoms with Gasteiger partial charge in [0.1, 0.15) is 5.57 Å². The number of amides is 4. The van der Waals surface area contributed by atoms with Gasteiger partial charge in [0.25, 0.3) is 11.8 Å². The molecular weight excluding hydrogens is 330 g/mol. The van der Waals surface area contributed by atoms with E-state index in [4.69, 9.17) is 0 Å². The van der Waals surface area contributed by atoms with Crippen molar-refractivity contribution in [2.24, 2.45) is 7.05 Å². The maximum Gasteiger partial charge on any atom is 0.335 e. The van der Waals surface area contributed by atoms with E-state index in [2.05, 4.69) is 5.32 Å². The van der Waals surface area contributed by atoms with Crippen LogP contribution in [-0.2, 0) is 16.6 Å². The minimum atomic E-state index is -0.749. The Labute approximate surface area is 149 Å². The highest BCUT2D eigenvalue weighted by Gasteiger charge is 2.36. The van der Waals surface area contributed by atoms with Gasteiger partial charge in [-0.3, -0.25) is 14.9 Å². The van der Waals surface area contributed by atoms with Gasteiger partial charge in [-0.15, -0.1) is 0 Å². The smallest absolute Gasteiger partial charge is 0.335 e. The third-order valence-electron chi connectivity index (χ3n) is 4.34. The molecule has 0 unspecified atom stereocenters. The number of imide groups is 2. The molecule has 0 aliphatic carbocycles. The van der Waals surface area contributed by atoms with Crippen LogP contribution in [0.25, 0.3) is 17.0 Å². The SMILES string of the molecule is Cn1cc(/C=C2\C(=O)NC(=O)N(c3ccccc3)C2=O)c2ccccc21. The molecule has 0 bridgehead atoms. The number of fused-ring (bicyclic) bond motifs is 1. The first-order valence-electron chi connectivity index (χ1n) is 8.07. The molecular formula is C20H15N3O3. The second kappa shape index (κ2) is 6.00. The molecule has 3 aromatic rings. The number of nitrogens with one attached hydrogen (secondary N) is 1. The van der Waals surface area contributed by atoms with E-state index in [9.17, 15) is 14.4 Å². The summed E-state index contributed by atoms with van der Waals surface area (Å²) >= 11 is 0. The normalized spacial score (nSPS) is 16.4. The summed E-state index contributed by atoms with van der Waals surface area (Å²) in [6, 6.07) is 15.5. The molecule has 26 heavy (non-hydrogen) atoms. The zero-order chi connectivity index (χ0) is 18.3. The average molecular weight is 345 g/mol. The summed E-state index contributed by atoms with van der Waals surface area (Å²) in [5.74, 6) is -1.34. The van der Waals surface area contributed by atoms with E-state index in [1.54, 1.807) is 30.3 Å². The van der Waals surface area contributed by atoms with Gasteiger partial charge >= 0.3 is 6.03 Å². The van der Waals surface area contributed by atoms with Crippen LogP contribution >= 0.6 is 0 Å². The Morgan fingerprint density at radius 2 is 1.62 bits per heavy atom. The number of rotatable bonds is 2. The summed E-state index contributed by atoms with van der Waals surface area (Å²) < 4.78 is 1.92. The lowest BCUT2D eigenvalue weighted by Crippen LogP contribution is -2.54. The summed E-state index contributed by atoms with van der Waals surface area (Å²) in [6.07, 6.45) is 3.38. The lowest BCUT2D eigenvalue weighted by molar-refractivity contribution is -0.122. The molecule has 2 aromatic carbocycles. The number of hydrogen-bond donors (Lipinski definition) is 1. The first-order valence-corrected chi connectivity index (χ1v) is 8.07. The summed E-state index contributed by atoms with van der Waals surface area (Å²) in [7, 11) is 1.90. The molecule has 0 atom stereocenters. The van der Waals surface area contributed by atoms with E-state index in [1.807, 2.05) is 42.1 Å². The van der Waals surface area contributed by atoms with Crippen LogP contribution in [0.5, 0.6) is 0 Å².